The fraction of sp³-hybridized carbons (Fsp3) is 0. The first kappa shape index (κ1) is 21.2. The fourth-order valence-electron chi connectivity index (χ4n) is 2.76. The number of nitrogens with one attached hydrogen (secondary N) is 2. The predicted octanol–water partition coefficient (Wildman–Crippen LogP) is 5.63. The van der Waals surface area contributed by atoms with E-state index in [4.69, 9.17) is 0 Å². The van der Waals surface area contributed by atoms with Crippen molar-refractivity contribution < 1.29 is 13.2 Å². The van der Waals surface area contributed by atoms with E-state index in [1.807, 2.05) is 29.6 Å². The molecule has 4 aromatic rings. The number of anilines is 2. The Balaban J connectivity index is 1.42. The van der Waals surface area contributed by atoms with Crippen molar-refractivity contribution in [1.29, 1.82) is 0 Å². The molecule has 0 aliphatic carbocycles. The van der Waals surface area contributed by atoms with E-state index in [9.17, 15) is 13.2 Å². The molecule has 1 aromatic heterocycles. The standard InChI is InChI=1S/C22H16BrN3O3S2/c23-17-10-6-15(7-11-17)20-14-30-22(24-20)25-21(27)16-8-12-18(13-9-16)26-31(28,29)19-4-2-1-3-5-19/h1-14,26H,(H,24,25,27). The van der Waals surface area contributed by atoms with E-state index in [1.54, 1.807) is 42.5 Å². The lowest BCUT2D eigenvalue weighted by molar-refractivity contribution is 0.102. The number of carbonyl (C=O) groups is 1. The van der Waals surface area contributed by atoms with Crippen LogP contribution in [0.1, 0.15) is 10.4 Å². The minimum Gasteiger partial charge on any atom is -0.298 e. The number of sulfonamides is 1. The predicted molar refractivity (Wildman–Crippen MR) is 127 cm³/mol. The van der Waals surface area contributed by atoms with Gasteiger partial charge in [-0.1, -0.05) is 46.3 Å². The second kappa shape index (κ2) is 9.01. The SMILES string of the molecule is O=C(Nc1nc(-c2ccc(Br)cc2)cs1)c1ccc(NS(=O)(=O)c2ccccc2)cc1. The quantitative estimate of drug-likeness (QED) is 0.349. The van der Waals surface area contributed by atoms with Gasteiger partial charge in [-0.3, -0.25) is 14.8 Å². The van der Waals surface area contributed by atoms with Crippen molar-refractivity contribution in [3.8, 4) is 11.3 Å². The number of thiazole rings is 1. The lowest BCUT2D eigenvalue weighted by Crippen LogP contribution is -2.14. The Kier molecular flexibility index (Phi) is 6.17. The van der Waals surface area contributed by atoms with E-state index >= 15 is 0 Å². The molecule has 156 valence electrons. The number of nitrogens with zero attached hydrogens (tertiary/aromatic N) is 1. The second-order valence-electron chi connectivity index (χ2n) is 6.49. The number of hydrogen-bond acceptors (Lipinski definition) is 5. The number of aromatic nitrogens is 1. The molecular formula is C22H16BrN3O3S2. The highest BCUT2D eigenvalue weighted by atomic mass is 79.9. The van der Waals surface area contributed by atoms with Crippen LogP contribution in [0, 0.1) is 0 Å². The number of halogens is 1. The Hall–Kier alpha value is -3.01. The number of amides is 1. The van der Waals surface area contributed by atoms with Gasteiger partial charge in [0.15, 0.2) is 5.13 Å². The first-order chi connectivity index (χ1) is 14.9. The molecule has 0 atom stereocenters. The van der Waals surface area contributed by atoms with E-state index < -0.39 is 10.0 Å². The Morgan fingerprint density at radius 2 is 1.58 bits per heavy atom. The summed E-state index contributed by atoms with van der Waals surface area (Å²) < 4.78 is 28.3. The third kappa shape index (κ3) is 5.19. The molecule has 0 bridgehead atoms. The molecule has 0 saturated heterocycles. The Bertz CT molecular complexity index is 1300. The molecule has 0 saturated carbocycles. The molecule has 3 aromatic carbocycles. The summed E-state index contributed by atoms with van der Waals surface area (Å²) in [4.78, 5) is 17.2. The third-order valence-electron chi connectivity index (χ3n) is 4.32. The summed E-state index contributed by atoms with van der Waals surface area (Å²) in [5, 5.41) is 5.13. The second-order valence-corrected chi connectivity index (χ2v) is 9.95. The number of benzene rings is 3. The Morgan fingerprint density at radius 3 is 2.26 bits per heavy atom. The van der Waals surface area contributed by atoms with Crippen LogP contribution in [0.3, 0.4) is 0 Å². The largest absolute Gasteiger partial charge is 0.298 e. The zero-order valence-corrected chi connectivity index (χ0v) is 19.2. The molecule has 1 heterocycles. The number of carbonyl (C=O) groups excluding carboxylic acids is 1. The van der Waals surface area contributed by atoms with Gasteiger partial charge in [0.05, 0.1) is 10.6 Å². The fourth-order valence-corrected chi connectivity index (χ4v) is 4.82. The van der Waals surface area contributed by atoms with E-state index in [1.165, 1.54) is 23.5 Å². The van der Waals surface area contributed by atoms with Crippen molar-refractivity contribution in [2.24, 2.45) is 0 Å². The van der Waals surface area contributed by atoms with Crippen LogP contribution < -0.4 is 10.0 Å². The smallest absolute Gasteiger partial charge is 0.261 e. The zero-order chi connectivity index (χ0) is 21.8. The van der Waals surface area contributed by atoms with Gasteiger partial charge in [0.2, 0.25) is 0 Å². The molecule has 0 aliphatic rings. The number of rotatable bonds is 6. The highest BCUT2D eigenvalue weighted by molar-refractivity contribution is 9.10. The highest BCUT2D eigenvalue weighted by Crippen LogP contribution is 2.26. The van der Waals surface area contributed by atoms with Crippen LogP contribution in [0.5, 0.6) is 0 Å². The lowest BCUT2D eigenvalue weighted by atomic mass is 10.2. The van der Waals surface area contributed by atoms with Crippen LogP contribution in [0.25, 0.3) is 11.3 Å². The minimum absolute atomic E-state index is 0.169. The maximum absolute atomic E-state index is 12.5. The van der Waals surface area contributed by atoms with E-state index in [0.717, 1.165) is 15.7 Å². The summed E-state index contributed by atoms with van der Waals surface area (Å²) in [6.07, 6.45) is 0. The first-order valence-electron chi connectivity index (χ1n) is 9.11. The van der Waals surface area contributed by atoms with Crippen molar-refractivity contribution in [1.82, 2.24) is 4.98 Å². The van der Waals surface area contributed by atoms with Crippen LogP contribution in [0.2, 0.25) is 0 Å². The van der Waals surface area contributed by atoms with E-state index in [-0.39, 0.29) is 10.8 Å². The van der Waals surface area contributed by atoms with E-state index in [0.29, 0.717) is 16.4 Å². The summed E-state index contributed by atoms with van der Waals surface area (Å²) in [5.74, 6) is -0.325. The van der Waals surface area contributed by atoms with Gasteiger partial charge in [0.1, 0.15) is 0 Å². The monoisotopic (exact) mass is 513 g/mol. The van der Waals surface area contributed by atoms with Crippen molar-refractivity contribution in [2.45, 2.75) is 4.90 Å². The van der Waals surface area contributed by atoms with Crippen molar-refractivity contribution >= 4 is 54.0 Å². The molecule has 6 nitrogen and oxygen atoms in total. The summed E-state index contributed by atoms with van der Waals surface area (Å²) in [5.41, 5.74) is 2.49. The molecular weight excluding hydrogens is 498 g/mol. The molecule has 0 aliphatic heterocycles. The van der Waals surface area contributed by atoms with E-state index in [2.05, 4.69) is 31.0 Å². The first-order valence-corrected chi connectivity index (χ1v) is 12.3. The van der Waals surface area contributed by atoms with Crippen LogP contribution in [-0.4, -0.2) is 19.3 Å². The van der Waals surface area contributed by atoms with Gasteiger partial charge >= 0.3 is 0 Å². The average Bonchev–Trinajstić information content (AvgIpc) is 3.23. The van der Waals surface area contributed by atoms with Crippen LogP contribution in [-0.2, 0) is 10.0 Å². The number of hydrogen-bond donors (Lipinski definition) is 2. The summed E-state index contributed by atoms with van der Waals surface area (Å²) in [7, 11) is -3.68. The van der Waals surface area contributed by atoms with Gasteiger partial charge in [-0.2, -0.15) is 0 Å². The van der Waals surface area contributed by atoms with Gasteiger partial charge in [-0.25, -0.2) is 13.4 Å². The van der Waals surface area contributed by atoms with Crippen molar-refractivity contribution in [3.63, 3.8) is 0 Å². The zero-order valence-electron chi connectivity index (χ0n) is 15.9. The highest BCUT2D eigenvalue weighted by Gasteiger charge is 2.14. The average molecular weight is 514 g/mol. The Morgan fingerprint density at radius 1 is 0.903 bits per heavy atom. The van der Waals surface area contributed by atoms with Crippen LogP contribution >= 0.6 is 27.3 Å². The Labute approximate surface area is 192 Å². The molecule has 0 radical (unpaired) electrons. The normalized spacial score (nSPS) is 11.1. The molecule has 0 fully saturated rings. The van der Waals surface area contributed by atoms with Crippen molar-refractivity contribution in [2.75, 3.05) is 10.0 Å². The third-order valence-corrected chi connectivity index (χ3v) is 7.00. The molecule has 0 unspecified atom stereocenters. The molecule has 1 amide bonds. The maximum Gasteiger partial charge on any atom is 0.261 e. The van der Waals surface area contributed by atoms with Gasteiger partial charge in [0.25, 0.3) is 15.9 Å². The molecule has 4 rings (SSSR count). The maximum atomic E-state index is 12.5. The van der Waals surface area contributed by atoms with Crippen LogP contribution in [0.4, 0.5) is 10.8 Å². The van der Waals surface area contributed by atoms with Gasteiger partial charge < -0.3 is 0 Å². The van der Waals surface area contributed by atoms with Gasteiger partial charge in [0, 0.05) is 26.7 Å². The molecule has 2 N–H and O–H groups in total. The molecule has 9 heteroatoms. The van der Waals surface area contributed by atoms with Gasteiger partial charge in [-0.05, 0) is 48.5 Å². The van der Waals surface area contributed by atoms with Crippen molar-refractivity contribution in [3.05, 3.63) is 94.3 Å². The molecule has 0 spiro atoms. The summed E-state index contributed by atoms with van der Waals surface area (Å²) >= 11 is 4.74. The minimum atomic E-state index is -3.68. The topological polar surface area (TPSA) is 88.2 Å². The van der Waals surface area contributed by atoms with Gasteiger partial charge in [-0.15, -0.1) is 11.3 Å². The lowest BCUT2D eigenvalue weighted by Gasteiger charge is -2.08. The summed E-state index contributed by atoms with van der Waals surface area (Å²) in [6, 6.07) is 22.0. The summed E-state index contributed by atoms with van der Waals surface area (Å²) in [6.45, 7) is 0. The van der Waals surface area contributed by atoms with Crippen LogP contribution in [0.15, 0.2) is 93.6 Å². The molecule has 31 heavy (non-hydrogen) atoms.